The van der Waals surface area contributed by atoms with E-state index in [-0.39, 0.29) is 11.6 Å². The molecule has 0 spiro atoms. The number of carbonyl (C=O) groups excluding carboxylic acids is 2. The molecule has 0 N–H and O–H groups in total. The molecule has 4 aromatic carbocycles. The Morgan fingerprint density at radius 2 is 1.26 bits per heavy atom. The molecule has 0 atom stereocenters. The third-order valence-electron chi connectivity index (χ3n) is 7.88. The number of carbonyl (C=O) groups is 2. The number of ketones is 2. The van der Waals surface area contributed by atoms with Crippen LogP contribution in [-0.4, -0.2) is 19.9 Å². The van der Waals surface area contributed by atoms with Crippen molar-refractivity contribution in [2.75, 3.05) is 0 Å². The highest BCUT2D eigenvalue weighted by molar-refractivity contribution is 6.78. The molecule has 0 amide bonds. The molecule has 0 aliphatic heterocycles. The Morgan fingerprint density at radius 1 is 0.657 bits per heavy atom. The average molecular weight is 481 g/mol. The second-order valence-corrected chi connectivity index (χ2v) is 16.0. The van der Waals surface area contributed by atoms with Gasteiger partial charge in [-0.1, -0.05) is 90.1 Å². The molecule has 0 heterocycles. The van der Waals surface area contributed by atoms with Crippen molar-refractivity contribution in [3.63, 3.8) is 0 Å². The maximum atomic E-state index is 13.2. The van der Waals surface area contributed by atoms with E-state index in [0.29, 0.717) is 27.8 Å². The zero-order valence-electron chi connectivity index (χ0n) is 21.3. The number of benzene rings is 4. The number of hydrogen-bond acceptors (Lipinski definition) is 3. The van der Waals surface area contributed by atoms with E-state index in [1.54, 1.807) is 0 Å². The normalized spacial score (nSPS) is 14.2. The summed E-state index contributed by atoms with van der Waals surface area (Å²) in [5.41, 5.74) is 2.09. The van der Waals surface area contributed by atoms with Crippen molar-refractivity contribution >= 4 is 52.2 Å². The second-order valence-electron chi connectivity index (χ2n) is 10.6. The second kappa shape index (κ2) is 8.45. The van der Waals surface area contributed by atoms with E-state index < -0.39 is 8.32 Å². The Morgan fingerprint density at radius 3 is 1.94 bits per heavy atom. The summed E-state index contributed by atoms with van der Waals surface area (Å²) in [5, 5.41) is 6.06. The fourth-order valence-corrected chi connectivity index (χ4v) is 11.6. The number of hydrogen-bond donors (Lipinski definition) is 0. The number of fused-ring (bicyclic) bond motifs is 7. The van der Waals surface area contributed by atoms with Gasteiger partial charge in [-0.05, 0) is 56.4 Å². The van der Waals surface area contributed by atoms with E-state index in [1.165, 1.54) is 12.2 Å². The minimum Gasteiger partial charge on any atom is -0.542 e. The lowest BCUT2D eigenvalue weighted by Crippen LogP contribution is -2.50. The van der Waals surface area contributed by atoms with E-state index in [1.807, 2.05) is 18.2 Å². The lowest BCUT2D eigenvalue weighted by atomic mass is 9.86. The van der Waals surface area contributed by atoms with Crippen LogP contribution in [0.15, 0.2) is 66.7 Å². The summed E-state index contributed by atoms with van der Waals surface area (Å²) in [6.07, 6.45) is 2.79. The van der Waals surface area contributed by atoms with E-state index in [2.05, 4.69) is 77.9 Å². The zero-order valence-corrected chi connectivity index (χ0v) is 22.3. The lowest BCUT2D eigenvalue weighted by Gasteiger charge is -2.42. The molecule has 4 aromatic rings. The SMILES string of the molecule is CC(C)[Si](Oc1cc2c(c3c1ccc1c4ccccc4ccc13)C(=O)C=CC2=O)(C(C)C)C(C)C. The molecule has 1 aliphatic rings. The maximum absolute atomic E-state index is 13.2. The van der Waals surface area contributed by atoms with Gasteiger partial charge in [-0.2, -0.15) is 0 Å². The van der Waals surface area contributed by atoms with Crippen LogP contribution in [0.2, 0.25) is 16.6 Å². The Hall–Kier alpha value is -3.24. The summed E-state index contributed by atoms with van der Waals surface area (Å²) < 4.78 is 7.14. The molecule has 0 bridgehead atoms. The highest BCUT2D eigenvalue weighted by Crippen LogP contribution is 2.46. The van der Waals surface area contributed by atoms with Crippen molar-refractivity contribution < 1.29 is 14.0 Å². The number of rotatable bonds is 5. The lowest BCUT2D eigenvalue weighted by molar-refractivity contribution is 0.0995. The predicted molar refractivity (Wildman–Crippen MR) is 148 cm³/mol. The Labute approximate surface area is 207 Å². The first kappa shape index (κ1) is 23.5. The first-order chi connectivity index (χ1) is 16.7. The van der Waals surface area contributed by atoms with E-state index >= 15 is 0 Å². The quantitative estimate of drug-likeness (QED) is 0.212. The molecule has 0 radical (unpaired) electrons. The van der Waals surface area contributed by atoms with Crippen LogP contribution >= 0.6 is 0 Å². The highest BCUT2D eigenvalue weighted by Gasteiger charge is 2.47. The van der Waals surface area contributed by atoms with Gasteiger partial charge in [0.1, 0.15) is 5.75 Å². The molecule has 1 aliphatic carbocycles. The van der Waals surface area contributed by atoms with Gasteiger partial charge in [-0.15, -0.1) is 0 Å². The van der Waals surface area contributed by atoms with Crippen molar-refractivity contribution in [3.05, 3.63) is 77.9 Å². The molecule has 0 saturated heterocycles. The van der Waals surface area contributed by atoms with E-state index in [0.717, 1.165) is 38.1 Å². The monoisotopic (exact) mass is 480 g/mol. The fraction of sp³-hybridized carbons (Fsp3) is 0.290. The van der Waals surface area contributed by atoms with Crippen molar-refractivity contribution in [2.24, 2.45) is 0 Å². The minimum absolute atomic E-state index is 0.128. The highest BCUT2D eigenvalue weighted by atomic mass is 28.4. The van der Waals surface area contributed by atoms with Crippen LogP contribution in [0.4, 0.5) is 0 Å². The predicted octanol–water partition coefficient (Wildman–Crippen LogP) is 8.64. The largest absolute Gasteiger partial charge is 0.542 e. The van der Waals surface area contributed by atoms with Crippen LogP contribution in [0.1, 0.15) is 62.3 Å². The Balaban J connectivity index is 1.92. The molecule has 5 rings (SSSR count). The van der Waals surface area contributed by atoms with Gasteiger partial charge in [0, 0.05) is 21.9 Å². The molecular formula is C31H32O3Si. The molecule has 0 fully saturated rings. The Bertz CT molecular complexity index is 1520. The van der Waals surface area contributed by atoms with Crippen molar-refractivity contribution in [1.82, 2.24) is 0 Å². The molecule has 0 aromatic heterocycles. The van der Waals surface area contributed by atoms with Crippen LogP contribution in [0.25, 0.3) is 32.3 Å². The molecule has 0 unspecified atom stereocenters. The van der Waals surface area contributed by atoms with Crippen LogP contribution in [-0.2, 0) is 0 Å². The first-order valence-electron chi connectivity index (χ1n) is 12.5. The minimum atomic E-state index is -2.30. The molecular weight excluding hydrogens is 448 g/mol. The summed E-state index contributed by atoms with van der Waals surface area (Å²) in [4.78, 5) is 26.3. The summed E-state index contributed by atoms with van der Waals surface area (Å²) in [6, 6.07) is 18.5. The molecule has 35 heavy (non-hydrogen) atoms. The van der Waals surface area contributed by atoms with Gasteiger partial charge in [0.05, 0.1) is 0 Å². The standard InChI is InChI=1S/C31H32O3Si/c1-18(2)35(19(3)4,20(5)6)34-29-17-26-27(32)15-16-28(33)31(26)30-24-12-11-21-9-7-8-10-22(21)23(24)13-14-25(29)30/h7-20H,1-6H3. The van der Waals surface area contributed by atoms with Gasteiger partial charge in [0.2, 0.25) is 0 Å². The van der Waals surface area contributed by atoms with Crippen molar-refractivity contribution in [3.8, 4) is 5.75 Å². The third kappa shape index (κ3) is 3.46. The van der Waals surface area contributed by atoms with Gasteiger partial charge in [0.15, 0.2) is 11.6 Å². The van der Waals surface area contributed by atoms with Crippen molar-refractivity contribution in [2.45, 2.75) is 58.2 Å². The summed E-state index contributed by atoms with van der Waals surface area (Å²) >= 11 is 0. The van der Waals surface area contributed by atoms with Gasteiger partial charge >= 0.3 is 0 Å². The third-order valence-corrected chi connectivity index (χ3v) is 13.9. The van der Waals surface area contributed by atoms with Crippen LogP contribution in [0, 0.1) is 0 Å². The molecule has 178 valence electrons. The van der Waals surface area contributed by atoms with Gasteiger partial charge < -0.3 is 4.43 Å². The van der Waals surface area contributed by atoms with Crippen LogP contribution in [0.3, 0.4) is 0 Å². The van der Waals surface area contributed by atoms with Crippen LogP contribution in [0.5, 0.6) is 5.75 Å². The fourth-order valence-electron chi connectivity index (χ4n) is 6.38. The maximum Gasteiger partial charge on any atom is 0.258 e. The van der Waals surface area contributed by atoms with Gasteiger partial charge in [-0.25, -0.2) is 0 Å². The first-order valence-corrected chi connectivity index (χ1v) is 14.7. The summed E-state index contributed by atoms with van der Waals surface area (Å²) in [7, 11) is -2.30. The summed E-state index contributed by atoms with van der Waals surface area (Å²) in [6.45, 7) is 13.5. The van der Waals surface area contributed by atoms with Gasteiger partial charge in [0.25, 0.3) is 8.32 Å². The number of allylic oxidation sites excluding steroid dienone is 2. The van der Waals surface area contributed by atoms with Crippen molar-refractivity contribution in [1.29, 1.82) is 0 Å². The molecule has 4 heteroatoms. The Kier molecular flexibility index (Phi) is 5.68. The smallest absolute Gasteiger partial charge is 0.258 e. The molecule has 0 saturated carbocycles. The van der Waals surface area contributed by atoms with Gasteiger partial charge in [-0.3, -0.25) is 9.59 Å². The van der Waals surface area contributed by atoms with E-state index in [9.17, 15) is 9.59 Å². The van der Waals surface area contributed by atoms with Crippen LogP contribution < -0.4 is 4.43 Å². The summed E-state index contributed by atoms with van der Waals surface area (Å²) in [5.74, 6) is 0.458. The van der Waals surface area contributed by atoms with E-state index in [4.69, 9.17) is 4.43 Å². The zero-order chi connectivity index (χ0) is 25.1. The topological polar surface area (TPSA) is 43.4 Å². The molecule has 3 nitrogen and oxygen atoms in total. The average Bonchev–Trinajstić information content (AvgIpc) is 2.83.